The van der Waals surface area contributed by atoms with E-state index in [1.807, 2.05) is 0 Å². The highest BCUT2D eigenvalue weighted by Gasteiger charge is 2.27. The molecule has 1 aliphatic rings. The molecule has 0 aromatic heterocycles. The zero-order valence-electron chi connectivity index (χ0n) is 9.04. The second-order valence-corrected chi connectivity index (χ2v) is 4.53. The minimum atomic E-state index is -0.769. The Morgan fingerprint density at radius 3 is 2.94 bits per heavy atom. The molecule has 1 aromatic rings. The minimum Gasteiger partial charge on any atom is -0.386 e. The normalized spacial score (nSPS) is 22.4. The van der Waals surface area contributed by atoms with Gasteiger partial charge in [0.05, 0.1) is 6.10 Å². The molecule has 1 heterocycles. The van der Waals surface area contributed by atoms with Crippen LogP contribution in [0.4, 0.5) is 4.39 Å². The van der Waals surface area contributed by atoms with Crippen LogP contribution in [0.1, 0.15) is 30.1 Å². The Labute approximate surface area is 99.0 Å². The average molecular weight is 245 g/mol. The van der Waals surface area contributed by atoms with E-state index >= 15 is 0 Å². The summed E-state index contributed by atoms with van der Waals surface area (Å²) in [4.78, 5) is 0. The van der Waals surface area contributed by atoms with Gasteiger partial charge in [-0.05, 0) is 37.5 Å². The zero-order chi connectivity index (χ0) is 11.7. The number of benzene rings is 1. The van der Waals surface area contributed by atoms with Crippen molar-refractivity contribution in [1.29, 1.82) is 0 Å². The van der Waals surface area contributed by atoms with Crippen molar-refractivity contribution < 1.29 is 14.2 Å². The number of ether oxygens (including phenoxy) is 1. The van der Waals surface area contributed by atoms with Crippen LogP contribution >= 0.6 is 11.6 Å². The second kappa shape index (κ2) is 4.70. The van der Waals surface area contributed by atoms with Crippen molar-refractivity contribution >= 4 is 11.6 Å². The van der Waals surface area contributed by atoms with Gasteiger partial charge in [-0.25, -0.2) is 4.39 Å². The Hall–Kier alpha value is -0.640. The molecule has 88 valence electrons. The summed E-state index contributed by atoms with van der Waals surface area (Å²) in [5, 5.41) is 10.3. The molecule has 0 spiro atoms. The van der Waals surface area contributed by atoms with Gasteiger partial charge in [-0.3, -0.25) is 0 Å². The van der Waals surface area contributed by atoms with Crippen molar-refractivity contribution in [3.63, 3.8) is 0 Å². The third-order valence-corrected chi connectivity index (χ3v) is 3.24. The van der Waals surface area contributed by atoms with E-state index in [9.17, 15) is 9.50 Å². The molecule has 0 saturated carbocycles. The van der Waals surface area contributed by atoms with E-state index in [4.69, 9.17) is 16.3 Å². The van der Waals surface area contributed by atoms with Crippen LogP contribution in [0.5, 0.6) is 0 Å². The number of halogens is 2. The fourth-order valence-electron chi connectivity index (χ4n) is 1.96. The molecule has 1 saturated heterocycles. The van der Waals surface area contributed by atoms with Gasteiger partial charge in [0.2, 0.25) is 0 Å². The van der Waals surface area contributed by atoms with Gasteiger partial charge in [-0.15, -0.1) is 0 Å². The fraction of sp³-hybridized carbons (Fsp3) is 0.500. The van der Waals surface area contributed by atoms with Crippen LogP contribution in [-0.4, -0.2) is 17.8 Å². The molecule has 1 aromatic carbocycles. The van der Waals surface area contributed by atoms with Crippen LogP contribution in [0.3, 0.4) is 0 Å². The molecule has 0 bridgehead atoms. The lowest BCUT2D eigenvalue weighted by molar-refractivity contribution is -0.00259. The molecule has 2 nitrogen and oxygen atoms in total. The van der Waals surface area contributed by atoms with Crippen LogP contribution in [0, 0.1) is 12.7 Å². The number of aryl methyl sites for hydroxylation is 1. The second-order valence-electron chi connectivity index (χ2n) is 4.12. The van der Waals surface area contributed by atoms with E-state index in [0.717, 1.165) is 12.8 Å². The summed E-state index contributed by atoms with van der Waals surface area (Å²) in [5.74, 6) is -0.353. The topological polar surface area (TPSA) is 29.5 Å². The SMILES string of the molecule is Cc1cc(C(O)C2CCCO2)c(Cl)cc1F. The number of hydrogen-bond acceptors (Lipinski definition) is 2. The van der Waals surface area contributed by atoms with Gasteiger partial charge in [-0.2, -0.15) is 0 Å². The lowest BCUT2D eigenvalue weighted by Gasteiger charge is -2.19. The lowest BCUT2D eigenvalue weighted by Crippen LogP contribution is -2.17. The lowest BCUT2D eigenvalue weighted by atomic mass is 10.0. The Morgan fingerprint density at radius 1 is 1.56 bits per heavy atom. The Bertz CT molecular complexity index is 389. The van der Waals surface area contributed by atoms with Crippen LogP contribution in [-0.2, 0) is 4.74 Å². The number of rotatable bonds is 2. The molecule has 4 heteroatoms. The van der Waals surface area contributed by atoms with Gasteiger partial charge >= 0.3 is 0 Å². The molecule has 1 fully saturated rings. The van der Waals surface area contributed by atoms with E-state index in [1.165, 1.54) is 6.07 Å². The third kappa shape index (κ3) is 2.21. The Morgan fingerprint density at radius 2 is 2.31 bits per heavy atom. The molecular formula is C12H14ClFO2. The first kappa shape index (κ1) is 11.8. The van der Waals surface area contributed by atoms with Gasteiger partial charge < -0.3 is 9.84 Å². The fourth-order valence-corrected chi connectivity index (χ4v) is 2.22. The Balaban J connectivity index is 2.28. The van der Waals surface area contributed by atoms with Crippen molar-refractivity contribution in [3.05, 3.63) is 34.1 Å². The number of aliphatic hydroxyl groups is 1. The molecule has 2 unspecified atom stereocenters. The molecule has 1 aliphatic heterocycles. The molecule has 0 amide bonds. The van der Waals surface area contributed by atoms with Crippen LogP contribution in [0.15, 0.2) is 12.1 Å². The monoisotopic (exact) mass is 244 g/mol. The summed E-state index contributed by atoms with van der Waals surface area (Å²) >= 11 is 5.92. The van der Waals surface area contributed by atoms with Gasteiger partial charge in [0.25, 0.3) is 0 Å². The summed E-state index contributed by atoms with van der Waals surface area (Å²) in [5.41, 5.74) is 1.03. The summed E-state index contributed by atoms with van der Waals surface area (Å²) < 4.78 is 18.6. The molecule has 0 aliphatic carbocycles. The van der Waals surface area contributed by atoms with E-state index in [0.29, 0.717) is 17.7 Å². The standard InChI is InChI=1S/C12H14ClFO2/c1-7-5-8(9(13)6-10(7)14)12(15)11-3-2-4-16-11/h5-6,11-12,15H,2-4H2,1H3. The minimum absolute atomic E-state index is 0.220. The van der Waals surface area contributed by atoms with Gasteiger partial charge in [0.1, 0.15) is 11.9 Å². The molecule has 2 atom stereocenters. The molecule has 1 N–H and O–H groups in total. The van der Waals surface area contributed by atoms with Crippen LogP contribution in [0.2, 0.25) is 5.02 Å². The Kier molecular flexibility index (Phi) is 3.47. The quantitative estimate of drug-likeness (QED) is 0.867. The average Bonchev–Trinajstić information content (AvgIpc) is 2.75. The predicted octanol–water partition coefficient (Wildman–Crippen LogP) is 3.00. The number of aliphatic hydroxyl groups excluding tert-OH is 1. The molecule has 2 rings (SSSR count). The smallest absolute Gasteiger partial charge is 0.127 e. The zero-order valence-corrected chi connectivity index (χ0v) is 9.80. The van der Waals surface area contributed by atoms with Gasteiger partial charge in [-0.1, -0.05) is 11.6 Å². The van der Waals surface area contributed by atoms with Crippen molar-refractivity contribution in [2.24, 2.45) is 0 Å². The third-order valence-electron chi connectivity index (χ3n) is 2.91. The maximum atomic E-state index is 13.2. The first-order chi connectivity index (χ1) is 7.59. The molecular weight excluding hydrogens is 231 g/mol. The van der Waals surface area contributed by atoms with E-state index in [1.54, 1.807) is 13.0 Å². The van der Waals surface area contributed by atoms with E-state index in [2.05, 4.69) is 0 Å². The predicted molar refractivity (Wildman–Crippen MR) is 60.1 cm³/mol. The van der Waals surface area contributed by atoms with Crippen molar-refractivity contribution in [1.82, 2.24) is 0 Å². The highest BCUT2D eigenvalue weighted by molar-refractivity contribution is 6.31. The van der Waals surface area contributed by atoms with Crippen molar-refractivity contribution in [2.45, 2.75) is 32.0 Å². The van der Waals surface area contributed by atoms with Gasteiger partial charge in [0, 0.05) is 17.2 Å². The largest absolute Gasteiger partial charge is 0.386 e. The molecule has 16 heavy (non-hydrogen) atoms. The van der Waals surface area contributed by atoms with Crippen LogP contribution in [0.25, 0.3) is 0 Å². The highest BCUT2D eigenvalue weighted by Crippen LogP contribution is 2.32. The van der Waals surface area contributed by atoms with E-state index < -0.39 is 6.10 Å². The molecule has 0 radical (unpaired) electrons. The summed E-state index contributed by atoms with van der Waals surface area (Å²) in [6.45, 7) is 2.32. The van der Waals surface area contributed by atoms with Crippen LogP contribution < -0.4 is 0 Å². The van der Waals surface area contributed by atoms with Crippen molar-refractivity contribution in [2.75, 3.05) is 6.61 Å². The maximum Gasteiger partial charge on any atom is 0.127 e. The maximum absolute atomic E-state index is 13.2. The summed E-state index contributed by atoms with van der Waals surface area (Å²) in [7, 11) is 0. The summed E-state index contributed by atoms with van der Waals surface area (Å²) in [6, 6.07) is 2.83. The van der Waals surface area contributed by atoms with E-state index in [-0.39, 0.29) is 16.9 Å². The van der Waals surface area contributed by atoms with Gasteiger partial charge in [0.15, 0.2) is 0 Å². The van der Waals surface area contributed by atoms with Crippen molar-refractivity contribution in [3.8, 4) is 0 Å². The first-order valence-corrected chi connectivity index (χ1v) is 5.72. The summed E-state index contributed by atoms with van der Waals surface area (Å²) in [6.07, 6.45) is 0.768. The number of hydrogen-bond donors (Lipinski definition) is 1. The highest BCUT2D eigenvalue weighted by atomic mass is 35.5. The first-order valence-electron chi connectivity index (χ1n) is 5.35.